The molecule has 1 aliphatic rings. The summed E-state index contributed by atoms with van der Waals surface area (Å²) in [6, 6.07) is 9.61. The van der Waals surface area contributed by atoms with Crippen LogP contribution in [0.5, 0.6) is 0 Å². The SMILES string of the molecule is Cc1cc(CC(=O)N2CCC[C@@H]2c2ccccc2Cl)no1. The first-order chi connectivity index (χ1) is 10.1. The van der Waals surface area contributed by atoms with Gasteiger partial charge in [0.15, 0.2) is 0 Å². The molecule has 1 aromatic heterocycles. The Labute approximate surface area is 128 Å². The number of likely N-dealkylation sites (tertiary alicyclic amines) is 1. The molecule has 1 saturated heterocycles. The van der Waals surface area contributed by atoms with Crippen LogP contribution >= 0.6 is 11.6 Å². The van der Waals surface area contributed by atoms with E-state index >= 15 is 0 Å². The molecule has 0 saturated carbocycles. The Morgan fingerprint density at radius 3 is 3.00 bits per heavy atom. The summed E-state index contributed by atoms with van der Waals surface area (Å²) in [5.41, 5.74) is 1.71. The lowest BCUT2D eigenvalue weighted by Gasteiger charge is -2.25. The molecule has 5 heteroatoms. The molecule has 21 heavy (non-hydrogen) atoms. The van der Waals surface area contributed by atoms with Crippen LogP contribution in [0.25, 0.3) is 0 Å². The van der Waals surface area contributed by atoms with E-state index in [2.05, 4.69) is 5.16 Å². The maximum absolute atomic E-state index is 12.5. The van der Waals surface area contributed by atoms with E-state index in [4.69, 9.17) is 16.1 Å². The molecule has 1 aliphatic heterocycles. The number of hydrogen-bond acceptors (Lipinski definition) is 3. The van der Waals surface area contributed by atoms with E-state index in [-0.39, 0.29) is 18.4 Å². The predicted octanol–water partition coefficient (Wildman–Crippen LogP) is 3.54. The molecule has 3 rings (SSSR count). The zero-order chi connectivity index (χ0) is 14.8. The Hall–Kier alpha value is -1.81. The first kappa shape index (κ1) is 14.1. The molecule has 0 bridgehead atoms. The number of carbonyl (C=O) groups excluding carboxylic acids is 1. The molecule has 1 aromatic carbocycles. The number of hydrogen-bond donors (Lipinski definition) is 0. The van der Waals surface area contributed by atoms with Gasteiger partial charge in [0.2, 0.25) is 5.91 Å². The molecule has 0 radical (unpaired) electrons. The average molecular weight is 305 g/mol. The second-order valence-electron chi connectivity index (χ2n) is 5.37. The second kappa shape index (κ2) is 5.90. The highest BCUT2D eigenvalue weighted by molar-refractivity contribution is 6.31. The zero-order valence-corrected chi connectivity index (χ0v) is 12.6. The van der Waals surface area contributed by atoms with Crippen LogP contribution in [0, 0.1) is 6.92 Å². The van der Waals surface area contributed by atoms with Gasteiger partial charge in [-0.1, -0.05) is 35.0 Å². The van der Waals surface area contributed by atoms with Gasteiger partial charge >= 0.3 is 0 Å². The summed E-state index contributed by atoms with van der Waals surface area (Å²) >= 11 is 6.27. The quantitative estimate of drug-likeness (QED) is 0.871. The van der Waals surface area contributed by atoms with Gasteiger partial charge in [0, 0.05) is 17.6 Å². The van der Waals surface area contributed by atoms with Crippen LogP contribution in [0.3, 0.4) is 0 Å². The van der Waals surface area contributed by atoms with Crippen LogP contribution in [0.2, 0.25) is 5.02 Å². The van der Waals surface area contributed by atoms with Gasteiger partial charge in [-0.25, -0.2) is 0 Å². The predicted molar refractivity (Wildman–Crippen MR) is 80.1 cm³/mol. The Bertz CT molecular complexity index is 653. The minimum atomic E-state index is 0.0687. The third-order valence-corrected chi connectivity index (χ3v) is 4.19. The molecule has 110 valence electrons. The van der Waals surface area contributed by atoms with Crippen molar-refractivity contribution in [2.24, 2.45) is 0 Å². The van der Waals surface area contributed by atoms with Crippen molar-refractivity contribution >= 4 is 17.5 Å². The van der Waals surface area contributed by atoms with E-state index in [9.17, 15) is 4.79 Å². The maximum atomic E-state index is 12.5. The summed E-state index contributed by atoms with van der Waals surface area (Å²) in [6.07, 6.45) is 2.23. The first-order valence-corrected chi connectivity index (χ1v) is 7.49. The lowest BCUT2D eigenvalue weighted by Crippen LogP contribution is -2.32. The topological polar surface area (TPSA) is 46.3 Å². The highest BCUT2D eigenvalue weighted by Crippen LogP contribution is 2.35. The van der Waals surface area contributed by atoms with Crippen molar-refractivity contribution in [3.8, 4) is 0 Å². The van der Waals surface area contributed by atoms with E-state index in [0.717, 1.165) is 35.7 Å². The molecular weight excluding hydrogens is 288 g/mol. The Kier molecular flexibility index (Phi) is 3.97. The molecule has 4 nitrogen and oxygen atoms in total. The van der Waals surface area contributed by atoms with Gasteiger partial charge in [-0.3, -0.25) is 4.79 Å². The number of halogens is 1. The van der Waals surface area contributed by atoms with E-state index < -0.39 is 0 Å². The van der Waals surface area contributed by atoms with Gasteiger partial charge in [0.1, 0.15) is 5.76 Å². The zero-order valence-electron chi connectivity index (χ0n) is 11.9. The lowest BCUT2D eigenvalue weighted by atomic mass is 10.0. The van der Waals surface area contributed by atoms with Crippen molar-refractivity contribution in [3.05, 3.63) is 52.4 Å². The average Bonchev–Trinajstić information content (AvgIpc) is 3.08. The molecule has 0 spiro atoms. The van der Waals surface area contributed by atoms with Crippen molar-refractivity contribution in [1.82, 2.24) is 10.1 Å². The van der Waals surface area contributed by atoms with Crippen molar-refractivity contribution in [2.75, 3.05) is 6.54 Å². The molecular formula is C16H17ClN2O2. The smallest absolute Gasteiger partial charge is 0.229 e. The van der Waals surface area contributed by atoms with Crippen molar-refractivity contribution in [2.45, 2.75) is 32.2 Å². The summed E-state index contributed by atoms with van der Waals surface area (Å²) in [4.78, 5) is 14.4. The van der Waals surface area contributed by atoms with Crippen molar-refractivity contribution in [1.29, 1.82) is 0 Å². The first-order valence-electron chi connectivity index (χ1n) is 7.11. The molecule has 0 aliphatic carbocycles. The van der Waals surface area contributed by atoms with Crippen LogP contribution in [0.4, 0.5) is 0 Å². The summed E-state index contributed by atoms with van der Waals surface area (Å²) < 4.78 is 5.02. The molecule has 0 unspecified atom stereocenters. The standard InChI is InChI=1S/C16H17ClN2O2/c1-11-9-12(18-21-11)10-16(20)19-8-4-7-15(19)13-5-2-3-6-14(13)17/h2-3,5-6,9,15H,4,7-8,10H2,1H3/t15-/m1/s1. The number of nitrogens with zero attached hydrogens (tertiary/aromatic N) is 2. The molecule has 0 N–H and O–H groups in total. The highest BCUT2D eigenvalue weighted by atomic mass is 35.5. The number of carbonyl (C=O) groups is 1. The molecule has 2 aromatic rings. The van der Waals surface area contributed by atoms with Crippen molar-refractivity contribution in [3.63, 3.8) is 0 Å². The van der Waals surface area contributed by atoms with E-state index in [1.54, 1.807) is 6.07 Å². The van der Waals surface area contributed by atoms with Crippen molar-refractivity contribution < 1.29 is 9.32 Å². The molecule has 1 fully saturated rings. The number of benzene rings is 1. The third kappa shape index (κ3) is 2.95. The van der Waals surface area contributed by atoms with Gasteiger partial charge < -0.3 is 9.42 Å². The fraction of sp³-hybridized carbons (Fsp3) is 0.375. The largest absolute Gasteiger partial charge is 0.361 e. The molecule has 1 amide bonds. The fourth-order valence-electron chi connectivity index (χ4n) is 2.89. The summed E-state index contributed by atoms with van der Waals surface area (Å²) in [7, 11) is 0. The van der Waals surface area contributed by atoms with Crippen LogP contribution < -0.4 is 0 Å². The van der Waals surface area contributed by atoms with Gasteiger partial charge in [-0.05, 0) is 31.4 Å². The van der Waals surface area contributed by atoms with Crippen LogP contribution in [0.1, 0.15) is 35.9 Å². The third-order valence-electron chi connectivity index (χ3n) is 3.85. The van der Waals surface area contributed by atoms with Crippen LogP contribution in [-0.2, 0) is 11.2 Å². The minimum Gasteiger partial charge on any atom is -0.361 e. The maximum Gasteiger partial charge on any atom is 0.229 e. The molecule has 2 heterocycles. The van der Waals surface area contributed by atoms with Gasteiger partial charge in [0.05, 0.1) is 18.2 Å². The highest BCUT2D eigenvalue weighted by Gasteiger charge is 2.31. The monoisotopic (exact) mass is 304 g/mol. The normalized spacial score (nSPS) is 18.2. The van der Waals surface area contributed by atoms with E-state index in [1.165, 1.54) is 0 Å². The van der Waals surface area contributed by atoms with Gasteiger partial charge in [-0.15, -0.1) is 0 Å². The molecule has 1 atom stereocenters. The summed E-state index contributed by atoms with van der Waals surface area (Å²) in [6.45, 7) is 2.59. The number of rotatable bonds is 3. The fourth-order valence-corrected chi connectivity index (χ4v) is 3.15. The van der Waals surface area contributed by atoms with Crippen LogP contribution in [-0.4, -0.2) is 22.5 Å². The Morgan fingerprint density at radius 1 is 1.48 bits per heavy atom. The number of aryl methyl sites for hydroxylation is 1. The Morgan fingerprint density at radius 2 is 2.29 bits per heavy atom. The van der Waals surface area contributed by atoms with E-state index in [1.807, 2.05) is 36.1 Å². The number of aromatic nitrogens is 1. The number of amides is 1. The Balaban J connectivity index is 1.77. The summed E-state index contributed by atoms with van der Waals surface area (Å²) in [5, 5.41) is 4.62. The summed E-state index contributed by atoms with van der Waals surface area (Å²) in [5.74, 6) is 0.799. The minimum absolute atomic E-state index is 0.0687. The van der Waals surface area contributed by atoms with Gasteiger partial charge in [-0.2, -0.15) is 0 Å². The second-order valence-corrected chi connectivity index (χ2v) is 5.78. The van der Waals surface area contributed by atoms with E-state index in [0.29, 0.717) is 5.69 Å². The van der Waals surface area contributed by atoms with Crippen LogP contribution in [0.15, 0.2) is 34.9 Å². The van der Waals surface area contributed by atoms with Gasteiger partial charge in [0.25, 0.3) is 0 Å². The lowest BCUT2D eigenvalue weighted by molar-refractivity contribution is -0.131.